The Bertz CT molecular complexity index is 1170. The van der Waals surface area contributed by atoms with Gasteiger partial charge in [0.05, 0.1) is 24.1 Å². The number of amides is 2. The highest BCUT2D eigenvalue weighted by Gasteiger charge is 2.50. The molecule has 5 unspecified atom stereocenters. The molecule has 9 nitrogen and oxygen atoms in total. The number of ketones is 1. The van der Waals surface area contributed by atoms with E-state index in [1.165, 1.54) is 7.11 Å². The zero-order valence-corrected chi connectivity index (χ0v) is 19.3. The largest absolute Gasteiger partial charge is 0.481 e. The molecule has 5 atom stereocenters. The number of aromatic nitrogens is 2. The van der Waals surface area contributed by atoms with Gasteiger partial charge in [-0.3, -0.25) is 14.4 Å². The number of nitrogens with one attached hydrogen (secondary N) is 2. The molecule has 2 N–H and O–H groups in total. The number of Topliss-reactive ketones (excluding diaryl/α,β-unsaturated/α-hetero) is 1. The average molecular weight is 464 g/mol. The number of H-pyrrole nitrogens is 1. The van der Waals surface area contributed by atoms with E-state index in [9.17, 15) is 19.6 Å². The van der Waals surface area contributed by atoms with Crippen LogP contribution in [0.15, 0.2) is 18.3 Å². The molecule has 2 amide bonds. The molecule has 3 fully saturated rings. The second kappa shape index (κ2) is 9.09. The lowest BCUT2D eigenvalue weighted by atomic mass is 9.92. The number of hydrogen-bond donors (Lipinski definition) is 2. The summed E-state index contributed by atoms with van der Waals surface area (Å²) in [5.41, 5.74) is 1.12. The molecule has 2 aromatic rings. The Hall–Kier alpha value is -3.41. The van der Waals surface area contributed by atoms with Gasteiger partial charge in [-0.15, -0.1) is 0 Å². The minimum atomic E-state index is -0.736. The van der Waals surface area contributed by atoms with Crippen LogP contribution in [0.25, 0.3) is 10.9 Å². The summed E-state index contributed by atoms with van der Waals surface area (Å²) in [7, 11) is 1.53. The molecule has 1 aliphatic heterocycles. The van der Waals surface area contributed by atoms with Crippen molar-refractivity contribution in [1.82, 2.24) is 20.2 Å². The second-order valence-corrected chi connectivity index (χ2v) is 9.70. The van der Waals surface area contributed by atoms with Gasteiger partial charge in [-0.05, 0) is 56.1 Å². The lowest BCUT2D eigenvalue weighted by molar-refractivity contribution is -0.127. The fourth-order valence-corrected chi connectivity index (χ4v) is 6.13. The van der Waals surface area contributed by atoms with E-state index in [-0.39, 0.29) is 35.4 Å². The first-order valence-electron chi connectivity index (χ1n) is 12.1. The van der Waals surface area contributed by atoms with Crippen molar-refractivity contribution in [2.75, 3.05) is 13.7 Å². The first-order valence-corrected chi connectivity index (χ1v) is 12.1. The molecule has 0 radical (unpaired) electrons. The highest BCUT2D eigenvalue weighted by atomic mass is 16.5. The molecule has 1 saturated heterocycles. The van der Waals surface area contributed by atoms with Gasteiger partial charge in [-0.1, -0.05) is 6.42 Å². The van der Waals surface area contributed by atoms with Crippen molar-refractivity contribution >= 4 is 28.5 Å². The minimum absolute atomic E-state index is 0.0805. The second-order valence-electron chi connectivity index (χ2n) is 9.70. The Kier molecular flexibility index (Phi) is 5.98. The summed E-state index contributed by atoms with van der Waals surface area (Å²) in [4.78, 5) is 48.1. The Labute approximate surface area is 197 Å². The third-order valence-electron chi connectivity index (χ3n) is 7.78. The van der Waals surface area contributed by atoms with Gasteiger partial charge >= 0.3 is 0 Å². The van der Waals surface area contributed by atoms with E-state index in [0.717, 1.165) is 37.6 Å². The standard InChI is InChI=1S/C25H29N5O4/c1-34-24-18-11-20(29-19(18)8-9-27-24)25(33)30-13-15-5-2-6-17(15)22(30)23(32)28-16(12-26)10-14-4-3-7-21(14)31/h8-9,11,14-17,22,29H,2-7,10,13H2,1H3,(H,28,32). The Morgan fingerprint density at radius 3 is 2.94 bits per heavy atom. The van der Waals surface area contributed by atoms with Crippen molar-refractivity contribution in [3.8, 4) is 11.9 Å². The van der Waals surface area contributed by atoms with Gasteiger partial charge < -0.3 is 19.9 Å². The van der Waals surface area contributed by atoms with Crippen LogP contribution in [-0.4, -0.2) is 58.2 Å². The van der Waals surface area contributed by atoms with Crippen LogP contribution in [0.2, 0.25) is 0 Å². The number of pyridine rings is 1. The van der Waals surface area contributed by atoms with E-state index in [0.29, 0.717) is 36.3 Å². The van der Waals surface area contributed by atoms with Crippen LogP contribution in [0.1, 0.15) is 55.4 Å². The maximum atomic E-state index is 13.6. The van der Waals surface area contributed by atoms with Crippen LogP contribution in [0.4, 0.5) is 0 Å². The summed E-state index contributed by atoms with van der Waals surface area (Å²) in [6, 6.07) is 4.29. The summed E-state index contributed by atoms with van der Waals surface area (Å²) in [5, 5.41) is 13.2. The van der Waals surface area contributed by atoms with Gasteiger partial charge in [0.25, 0.3) is 5.91 Å². The lowest BCUT2D eigenvalue weighted by Gasteiger charge is -2.28. The van der Waals surface area contributed by atoms with Gasteiger partial charge in [-0.25, -0.2) is 4.98 Å². The number of carbonyl (C=O) groups excluding carboxylic acids is 3. The number of likely N-dealkylation sites (tertiary alicyclic amines) is 1. The third kappa shape index (κ3) is 3.91. The van der Waals surface area contributed by atoms with Crippen molar-refractivity contribution in [3.63, 3.8) is 0 Å². The van der Waals surface area contributed by atoms with E-state index in [2.05, 4.69) is 21.4 Å². The molecule has 2 aliphatic carbocycles. The molecule has 0 spiro atoms. The highest BCUT2D eigenvalue weighted by Crippen LogP contribution is 2.43. The predicted octanol–water partition coefficient (Wildman–Crippen LogP) is 2.58. The van der Waals surface area contributed by atoms with Crippen LogP contribution in [0.3, 0.4) is 0 Å². The number of methoxy groups -OCH3 is 1. The van der Waals surface area contributed by atoms with Crippen molar-refractivity contribution < 1.29 is 19.1 Å². The third-order valence-corrected chi connectivity index (χ3v) is 7.78. The zero-order chi connectivity index (χ0) is 23.8. The summed E-state index contributed by atoms with van der Waals surface area (Å²) in [6.07, 6.45) is 7.02. The number of rotatable bonds is 6. The van der Waals surface area contributed by atoms with E-state index >= 15 is 0 Å². The maximum absolute atomic E-state index is 13.6. The van der Waals surface area contributed by atoms with Gasteiger partial charge in [0.1, 0.15) is 23.6 Å². The number of fused-ring (bicyclic) bond motifs is 2. The lowest BCUT2D eigenvalue weighted by Crippen LogP contribution is -2.51. The Balaban J connectivity index is 1.37. The molecule has 5 rings (SSSR count). The predicted molar refractivity (Wildman–Crippen MR) is 123 cm³/mol. The molecule has 2 saturated carbocycles. The molecule has 2 aromatic heterocycles. The Morgan fingerprint density at radius 2 is 2.21 bits per heavy atom. The molecule has 0 aromatic carbocycles. The fraction of sp³-hybridized carbons (Fsp3) is 0.560. The molecular formula is C25H29N5O4. The number of nitrogens with zero attached hydrogens (tertiary/aromatic N) is 3. The first kappa shape index (κ1) is 22.4. The number of carbonyl (C=O) groups is 3. The zero-order valence-electron chi connectivity index (χ0n) is 19.3. The Morgan fingerprint density at radius 1 is 1.35 bits per heavy atom. The van der Waals surface area contributed by atoms with Crippen LogP contribution in [0, 0.1) is 29.1 Å². The van der Waals surface area contributed by atoms with Gasteiger partial charge in [0, 0.05) is 25.1 Å². The number of aromatic amines is 1. The highest BCUT2D eigenvalue weighted by molar-refractivity contribution is 6.01. The molecule has 34 heavy (non-hydrogen) atoms. The topological polar surface area (TPSA) is 128 Å². The summed E-state index contributed by atoms with van der Waals surface area (Å²) < 4.78 is 5.31. The smallest absolute Gasteiger partial charge is 0.271 e. The van der Waals surface area contributed by atoms with Crippen LogP contribution in [0.5, 0.6) is 5.88 Å². The molecule has 3 heterocycles. The quantitative estimate of drug-likeness (QED) is 0.678. The van der Waals surface area contributed by atoms with Crippen LogP contribution in [-0.2, 0) is 9.59 Å². The van der Waals surface area contributed by atoms with Crippen molar-refractivity contribution in [2.24, 2.45) is 17.8 Å². The normalized spacial score (nSPS) is 26.9. The minimum Gasteiger partial charge on any atom is -0.481 e. The molecule has 3 aliphatic rings. The van der Waals surface area contributed by atoms with Gasteiger partial charge in [0.2, 0.25) is 11.8 Å². The summed E-state index contributed by atoms with van der Waals surface area (Å²) in [5.74, 6) is 0.252. The monoisotopic (exact) mass is 463 g/mol. The van der Waals surface area contributed by atoms with Crippen molar-refractivity contribution in [1.29, 1.82) is 5.26 Å². The molecular weight excluding hydrogens is 434 g/mol. The van der Waals surface area contributed by atoms with E-state index in [1.807, 2.05) is 0 Å². The van der Waals surface area contributed by atoms with Crippen molar-refractivity contribution in [3.05, 3.63) is 24.0 Å². The van der Waals surface area contributed by atoms with E-state index in [4.69, 9.17) is 4.74 Å². The molecule has 178 valence electrons. The van der Waals surface area contributed by atoms with Gasteiger partial charge in [-0.2, -0.15) is 5.26 Å². The van der Waals surface area contributed by atoms with Gasteiger partial charge in [0.15, 0.2) is 0 Å². The number of ether oxygens (including phenoxy) is 1. The molecule has 0 bridgehead atoms. The SMILES string of the molecule is COc1nccc2[nH]c(C(=O)N3CC4CCCC4C3C(=O)NC(C#N)CC3CCCC3=O)cc12. The number of nitriles is 1. The first-order chi connectivity index (χ1) is 16.5. The van der Waals surface area contributed by atoms with Crippen LogP contribution >= 0.6 is 0 Å². The molecule has 9 heteroatoms. The van der Waals surface area contributed by atoms with Crippen LogP contribution < -0.4 is 10.1 Å². The maximum Gasteiger partial charge on any atom is 0.271 e. The van der Waals surface area contributed by atoms with E-state index in [1.54, 1.807) is 23.2 Å². The summed E-state index contributed by atoms with van der Waals surface area (Å²) in [6.45, 7) is 0.519. The van der Waals surface area contributed by atoms with Crippen molar-refractivity contribution in [2.45, 2.75) is 57.0 Å². The fourth-order valence-electron chi connectivity index (χ4n) is 6.13. The number of hydrogen-bond acceptors (Lipinski definition) is 6. The average Bonchev–Trinajstić information content (AvgIpc) is 3.61. The summed E-state index contributed by atoms with van der Waals surface area (Å²) >= 11 is 0. The van der Waals surface area contributed by atoms with E-state index < -0.39 is 12.1 Å².